The second-order valence-corrected chi connectivity index (χ2v) is 7.97. The number of β-amino-alcohol motifs (C(OH)–C–C–N with tert-alkyl or cyclic N) is 1. The molecule has 4 rings (SSSR count). The minimum Gasteiger partial charge on any atom is -0.494 e. The van der Waals surface area contributed by atoms with Crippen molar-refractivity contribution in [2.24, 2.45) is 0 Å². The van der Waals surface area contributed by atoms with E-state index in [1.54, 1.807) is 11.8 Å². The monoisotopic (exact) mass is 389 g/mol. The number of thioether (sulfide) groups is 1. The molecule has 0 aromatic heterocycles. The van der Waals surface area contributed by atoms with Gasteiger partial charge in [0.15, 0.2) is 6.54 Å². The maximum absolute atomic E-state index is 11.6. The van der Waals surface area contributed by atoms with Gasteiger partial charge in [-0.05, 0) is 73.6 Å². The Morgan fingerprint density at radius 2 is 1.92 bits per heavy atom. The summed E-state index contributed by atoms with van der Waals surface area (Å²) in [5, 5.41) is 13.5. The van der Waals surface area contributed by atoms with Crippen LogP contribution in [0.15, 0.2) is 48.5 Å². The lowest BCUT2D eigenvalue weighted by Gasteiger charge is -2.24. The van der Waals surface area contributed by atoms with E-state index in [2.05, 4.69) is 9.48 Å². The molecule has 2 heterocycles. The predicted octanol–water partition coefficient (Wildman–Crippen LogP) is 3.91. The first-order valence-electron chi connectivity index (χ1n) is 8.88. The number of anilines is 1. The van der Waals surface area contributed by atoms with Gasteiger partial charge in [0.25, 0.3) is 5.72 Å². The van der Waals surface area contributed by atoms with Crippen molar-refractivity contribution in [3.8, 4) is 5.75 Å². The van der Waals surface area contributed by atoms with Crippen molar-refractivity contribution in [3.05, 3.63) is 59.1 Å². The fraction of sp³-hybridized carbons (Fsp3) is 0.350. The third kappa shape index (κ3) is 3.08. The van der Waals surface area contributed by atoms with Crippen LogP contribution >= 0.6 is 23.4 Å². The van der Waals surface area contributed by atoms with Crippen molar-refractivity contribution in [1.82, 2.24) is 0 Å². The van der Waals surface area contributed by atoms with Gasteiger partial charge in [-0.3, -0.25) is 0 Å². The summed E-state index contributed by atoms with van der Waals surface area (Å²) in [5.41, 5.74) is 0.885. The van der Waals surface area contributed by atoms with Gasteiger partial charge in [-0.1, -0.05) is 11.6 Å². The zero-order valence-corrected chi connectivity index (χ0v) is 16.3. The van der Waals surface area contributed by atoms with Gasteiger partial charge >= 0.3 is 5.17 Å². The fourth-order valence-electron chi connectivity index (χ4n) is 3.55. The predicted molar refractivity (Wildman–Crippen MR) is 108 cm³/mol. The lowest BCUT2D eigenvalue weighted by molar-refractivity contribution is -0.656. The van der Waals surface area contributed by atoms with Gasteiger partial charge in [0.2, 0.25) is 0 Å². The molecule has 2 aromatic rings. The van der Waals surface area contributed by atoms with Crippen molar-refractivity contribution in [3.63, 3.8) is 0 Å². The number of hydrogen-bond acceptors (Lipinski definition) is 4. The Labute approximate surface area is 163 Å². The Kier molecular flexibility index (Phi) is 4.86. The van der Waals surface area contributed by atoms with Gasteiger partial charge < -0.3 is 9.84 Å². The van der Waals surface area contributed by atoms with Crippen LogP contribution in [0, 0.1) is 0 Å². The van der Waals surface area contributed by atoms with Crippen LogP contribution in [-0.2, 0) is 5.72 Å². The first kappa shape index (κ1) is 17.7. The summed E-state index contributed by atoms with van der Waals surface area (Å²) in [5.74, 6) is 1.89. The normalized spacial score (nSPS) is 22.5. The Morgan fingerprint density at radius 3 is 2.62 bits per heavy atom. The maximum atomic E-state index is 11.6. The topological polar surface area (TPSA) is 35.7 Å². The highest BCUT2D eigenvalue weighted by Gasteiger charge is 2.53. The Bertz CT molecular complexity index is 823. The van der Waals surface area contributed by atoms with E-state index in [9.17, 15) is 5.11 Å². The Balaban J connectivity index is 1.72. The molecule has 0 spiro atoms. The van der Waals surface area contributed by atoms with E-state index in [4.69, 9.17) is 16.3 Å². The maximum Gasteiger partial charge on any atom is 0.316 e. The molecule has 1 atom stereocenters. The van der Waals surface area contributed by atoms with Crippen LogP contribution in [-0.4, -0.2) is 40.3 Å². The van der Waals surface area contributed by atoms with Gasteiger partial charge in [-0.15, -0.1) is 0 Å². The summed E-state index contributed by atoms with van der Waals surface area (Å²) in [4.78, 5) is 2.19. The first-order valence-corrected chi connectivity index (χ1v) is 10.2. The smallest absolute Gasteiger partial charge is 0.316 e. The SMILES string of the molecule is CCOc1ccc([C@@]2(O)CN(c3ccc(Cl)cc3)C3=[N+]2CCCS3)cc1. The molecule has 0 saturated heterocycles. The summed E-state index contributed by atoms with van der Waals surface area (Å²) in [6.07, 6.45) is 1.06. The molecule has 0 amide bonds. The fourth-order valence-corrected chi connectivity index (χ4v) is 4.86. The van der Waals surface area contributed by atoms with Crippen molar-refractivity contribution < 1.29 is 14.4 Å². The zero-order chi connectivity index (χ0) is 18.1. The van der Waals surface area contributed by atoms with Crippen molar-refractivity contribution in [2.75, 3.05) is 30.3 Å². The second-order valence-electron chi connectivity index (χ2n) is 6.47. The molecule has 0 saturated carbocycles. The average Bonchev–Trinajstić information content (AvgIpc) is 2.98. The number of aliphatic hydroxyl groups is 1. The number of ether oxygens (including phenoxy) is 1. The lowest BCUT2D eigenvalue weighted by atomic mass is 10.0. The van der Waals surface area contributed by atoms with Crippen LogP contribution in [0.25, 0.3) is 0 Å². The van der Waals surface area contributed by atoms with E-state index >= 15 is 0 Å². The first-order chi connectivity index (χ1) is 12.6. The summed E-state index contributed by atoms with van der Waals surface area (Å²) in [6, 6.07) is 15.6. The van der Waals surface area contributed by atoms with E-state index in [0.29, 0.717) is 18.2 Å². The van der Waals surface area contributed by atoms with Gasteiger partial charge in [0.1, 0.15) is 11.4 Å². The standard InChI is InChI=1S/C20H22ClN2O2S/c1-2-25-18-10-4-15(5-11-18)20(24)14-22(17-8-6-16(21)7-9-17)19-23(20)12-3-13-26-19/h4-11,24H,2-3,12-14H2,1H3/q+1/t20-/m0/s1. The molecule has 26 heavy (non-hydrogen) atoms. The van der Waals surface area contributed by atoms with Crippen LogP contribution in [0.3, 0.4) is 0 Å². The highest BCUT2D eigenvalue weighted by molar-refractivity contribution is 8.13. The highest BCUT2D eigenvalue weighted by Crippen LogP contribution is 2.38. The van der Waals surface area contributed by atoms with Crippen LogP contribution in [0.1, 0.15) is 18.9 Å². The molecule has 2 aliphatic rings. The molecule has 2 aliphatic heterocycles. The number of nitrogens with zero attached hydrogens (tertiary/aromatic N) is 2. The minimum atomic E-state index is -1.05. The molecule has 0 fully saturated rings. The van der Waals surface area contributed by atoms with Crippen LogP contribution < -0.4 is 9.64 Å². The molecule has 0 bridgehead atoms. The summed E-state index contributed by atoms with van der Waals surface area (Å²) >= 11 is 7.85. The molecular weight excluding hydrogens is 368 g/mol. The molecule has 4 nitrogen and oxygen atoms in total. The number of rotatable bonds is 4. The largest absolute Gasteiger partial charge is 0.494 e. The summed E-state index contributed by atoms with van der Waals surface area (Å²) in [7, 11) is 0. The molecule has 1 N–H and O–H groups in total. The summed E-state index contributed by atoms with van der Waals surface area (Å²) in [6.45, 7) is 3.93. The molecule has 0 aliphatic carbocycles. The number of halogens is 1. The number of amidine groups is 1. The number of hydrogen-bond donors (Lipinski definition) is 1. The van der Waals surface area contributed by atoms with Crippen molar-refractivity contribution in [1.29, 1.82) is 0 Å². The van der Waals surface area contributed by atoms with E-state index in [-0.39, 0.29) is 0 Å². The van der Waals surface area contributed by atoms with Crippen molar-refractivity contribution in [2.45, 2.75) is 19.1 Å². The molecule has 136 valence electrons. The van der Waals surface area contributed by atoms with E-state index < -0.39 is 5.72 Å². The third-order valence-electron chi connectivity index (χ3n) is 4.81. The molecule has 2 aromatic carbocycles. The lowest BCUT2D eigenvalue weighted by Crippen LogP contribution is -2.41. The highest BCUT2D eigenvalue weighted by atomic mass is 35.5. The molecule has 0 radical (unpaired) electrons. The van der Waals surface area contributed by atoms with Crippen molar-refractivity contribution >= 4 is 34.2 Å². The van der Waals surface area contributed by atoms with E-state index in [0.717, 1.165) is 40.9 Å². The Morgan fingerprint density at radius 1 is 1.19 bits per heavy atom. The van der Waals surface area contributed by atoms with Crippen LogP contribution in [0.2, 0.25) is 5.02 Å². The van der Waals surface area contributed by atoms with Gasteiger partial charge in [0, 0.05) is 16.3 Å². The van der Waals surface area contributed by atoms with Crippen LogP contribution in [0.5, 0.6) is 5.75 Å². The quantitative estimate of drug-likeness (QED) is 0.804. The summed E-state index contributed by atoms with van der Waals surface area (Å²) < 4.78 is 7.67. The van der Waals surface area contributed by atoms with Gasteiger partial charge in [-0.2, -0.15) is 0 Å². The van der Waals surface area contributed by atoms with Gasteiger partial charge in [-0.25, -0.2) is 9.48 Å². The van der Waals surface area contributed by atoms with Crippen LogP contribution in [0.4, 0.5) is 5.69 Å². The number of benzene rings is 2. The minimum absolute atomic E-state index is 0.491. The zero-order valence-electron chi connectivity index (χ0n) is 14.7. The average molecular weight is 390 g/mol. The van der Waals surface area contributed by atoms with E-state index in [1.807, 2.05) is 55.5 Å². The third-order valence-corrected chi connectivity index (χ3v) is 6.25. The molecule has 0 unspecified atom stereocenters. The molecular formula is C20H22ClN2O2S+. The van der Waals surface area contributed by atoms with Gasteiger partial charge in [0.05, 0.1) is 13.2 Å². The Hall–Kier alpha value is -1.69. The second kappa shape index (κ2) is 7.14. The molecule has 6 heteroatoms. The van der Waals surface area contributed by atoms with E-state index in [1.165, 1.54) is 0 Å².